The van der Waals surface area contributed by atoms with Crippen LogP contribution in [-0.2, 0) is 9.59 Å². The first-order valence-corrected chi connectivity index (χ1v) is 6.22. The molecule has 1 aromatic rings. The van der Waals surface area contributed by atoms with Crippen LogP contribution in [0.25, 0.3) is 0 Å². The molecule has 2 amide bonds. The molecule has 19 heavy (non-hydrogen) atoms. The number of amides is 2. The van der Waals surface area contributed by atoms with Crippen molar-refractivity contribution in [2.45, 2.75) is 13.8 Å². The van der Waals surface area contributed by atoms with Gasteiger partial charge in [0.2, 0.25) is 0 Å². The molecule has 2 N–H and O–H groups in total. The SMILES string of the molecule is Cc1cccc(NC(=O)C(=O)NCCN(C)C)c1C. The predicted molar refractivity (Wildman–Crippen MR) is 76.1 cm³/mol. The van der Waals surface area contributed by atoms with Crippen LogP contribution in [-0.4, -0.2) is 43.9 Å². The van der Waals surface area contributed by atoms with E-state index in [1.807, 2.05) is 45.0 Å². The van der Waals surface area contributed by atoms with Crippen molar-refractivity contribution in [2.75, 3.05) is 32.5 Å². The fourth-order valence-electron chi connectivity index (χ4n) is 1.54. The molecule has 0 heterocycles. The number of nitrogens with one attached hydrogen (secondary N) is 2. The number of anilines is 1. The van der Waals surface area contributed by atoms with E-state index < -0.39 is 11.8 Å². The Kier molecular flexibility index (Phi) is 5.51. The van der Waals surface area contributed by atoms with E-state index in [1.54, 1.807) is 6.07 Å². The highest BCUT2D eigenvalue weighted by Crippen LogP contribution is 2.17. The number of likely N-dealkylation sites (N-methyl/N-ethyl adjacent to an activating group) is 1. The van der Waals surface area contributed by atoms with Gasteiger partial charge in [-0.1, -0.05) is 12.1 Å². The molecule has 0 radical (unpaired) electrons. The Morgan fingerprint density at radius 1 is 1.16 bits per heavy atom. The summed E-state index contributed by atoms with van der Waals surface area (Å²) in [6.07, 6.45) is 0. The van der Waals surface area contributed by atoms with Crippen LogP contribution in [0.15, 0.2) is 18.2 Å². The minimum absolute atomic E-state index is 0.450. The van der Waals surface area contributed by atoms with E-state index >= 15 is 0 Å². The number of carbonyl (C=O) groups is 2. The van der Waals surface area contributed by atoms with Crippen LogP contribution in [0.3, 0.4) is 0 Å². The lowest BCUT2D eigenvalue weighted by Gasteiger charge is -2.12. The van der Waals surface area contributed by atoms with Crippen molar-refractivity contribution in [3.8, 4) is 0 Å². The molecule has 0 saturated carbocycles. The van der Waals surface area contributed by atoms with E-state index in [9.17, 15) is 9.59 Å². The molecule has 5 nitrogen and oxygen atoms in total. The number of hydrogen-bond acceptors (Lipinski definition) is 3. The van der Waals surface area contributed by atoms with E-state index in [-0.39, 0.29) is 0 Å². The van der Waals surface area contributed by atoms with Crippen molar-refractivity contribution in [2.24, 2.45) is 0 Å². The smallest absolute Gasteiger partial charge is 0.313 e. The maximum Gasteiger partial charge on any atom is 0.313 e. The molecule has 5 heteroatoms. The van der Waals surface area contributed by atoms with Crippen LogP contribution in [0.5, 0.6) is 0 Å². The third kappa shape index (κ3) is 4.71. The molecule has 104 valence electrons. The standard InChI is InChI=1S/C14H21N3O2/c1-10-6-5-7-12(11(10)2)16-14(19)13(18)15-8-9-17(3)4/h5-7H,8-9H2,1-4H3,(H,15,18)(H,16,19). The molecule has 0 atom stereocenters. The Labute approximate surface area is 114 Å². The molecule has 1 rings (SSSR count). The van der Waals surface area contributed by atoms with Gasteiger partial charge in [0.15, 0.2) is 0 Å². The van der Waals surface area contributed by atoms with Gasteiger partial charge < -0.3 is 15.5 Å². The minimum atomic E-state index is -0.632. The lowest BCUT2D eigenvalue weighted by Crippen LogP contribution is -2.38. The average molecular weight is 263 g/mol. The van der Waals surface area contributed by atoms with E-state index in [1.165, 1.54) is 0 Å². The summed E-state index contributed by atoms with van der Waals surface area (Å²) >= 11 is 0. The third-order valence-corrected chi connectivity index (χ3v) is 2.90. The Balaban J connectivity index is 2.55. The van der Waals surface area contributed by atoms with Gasteiger partial charge in [-0.25, -0.2) is 0 Å². The monoisotopic (exact) mass is 263 g/mol. The molecule has 0 aliphatic rings. The van der Waals surface area contributed by atoms with Gasteiger partial charge in [0.25, 0.3) is 0 Å². The van der Waals surface area contributed by atoms with E-state index in [4.69, 9.17) is 0 Å². The topological polar surface area (TPSA) is 61.4 Å². The summed E-state index contributed by atoms with van der Waals surface area (Å²) in [5, 5.41) is 5.20. The quantitative estimate of drug-likeness (QED) is 0.794. The highest BCUT2D eigenvalue weighted by atomic mass is 16.2. The molecule has 0 aliphatic carbocycles. The van der Waals surface area contributed by atoms with Gasteiger partial charge in [0.05, 0.1) is 0 Å². The number of nitrogens with zero attached hydrogens (tertiary/aromatic N) is 1. The Bertz CT molecular complexity index is 470. The molecule has 0 spiro atoms. The molecule has 0 aliphatic heterocycles. The second-order valence-corrected chi connectivity index (χ2v) is 4.76. The summed E-state index contributed by atoms with van der Waals surface area (Å²) in [7, 11) is 3.81. The van der Waals surface area contributed by atoms with Crippen LogP contribution in [0.4, 0.5) is 5.69 Å². The first-order valence-electron chi connectivity index (χ1n) is 6.22. The predicted octanol–water partition coefficient (Wildman–Crippen LogP) is 0.920. The van der Waals surface area contributed by atoms with E-state index in [0.29, 0.717) is 18.8 Å². The van der Waals surface area contributed by atoms with Crippen LogP contribution in [0.2, 0.25) is 0 Å². The summed E-state index contributed by atoms with van der Waals surface area (Å²) in [4.78, 5) is 25.2. The largest absolute Gasteiger partial charge is 0.347 e. The van der Waals surface area contributed by atoms with Gasteiger partial charge in [-0.2, -0.15) is 0 Å². The van der Waals surface area contributed by atoms with Crippen molar-refractivity contribution in [3.63, 3.8) is 0 Å². The van der Waals surface area contributed by atoms with Crippen molar-refractivity contribution in [3.05, 3.63) is 29.3 Å². The highest BCUT2D eigenvalue weighted by Gasteiger charge is 2.14. The zero-order valence-corrected chi connectivity index (χ0v) is 11.9. The van der Waals surface area contributed by atoms with Gasteiger partial charge in [0.1, 0.15) is 0 Å². The molecule has 0 fully saturated rings. The average Bonchev–Trinajstić information content (AvgIpc) is 2.34. The molecule has 0 bridgehead atoms. The van der Waals surface area contributed by atoms with E-state index in [0.717, 1.165) is 11.1 Å². The maximum absolute atomic E-state index is 11.7. The Morgan fingerprint density at radius 2 is 1.84 bits per heavy atom. The fraction of sp³-hybridized carbons (Fsp3) is 0.429. The van der Waals surface area contributed by atoms with Crippen molar-refractivity contribution >= 4 is 17.5 Å². The molecular formula is C14H21N3O2. The minimum Gasteiger partial charge on any atom is -0.347 e. The summed E-state index contributed by atoms with van der Waals surface area (Å²) < 4.78 is 0. The third-order valence-electron chi connectivity index (χ3n) is 2.90. The summed E-state index contributed by atoms with van der Waals surface area (Å²) in [5.41, 5.74) is 2.72. The number of benzene rings is 1. The highest BCUT2D eigenvalue weighted by molar-refractivity contribution is 6.39. The van der Waals surface area contributed by atoms with E-state index in [2.05, 4.69) is 10.6 Å². The zero-order valence-electron chi connectivity index (χ0n) is 11.9. The summed E-state index contributed by atoms with van der Waals surface area (Å²) in [5.74, 6) is -1.24. The fourth-order valence-corrected chi connectivity index (χ4v) is 1.54. The number of aryl methyl sites for hydroxylation is 1. The molecule has 0 saturated heterocycles. The second kappa shape index (κ2) is 6.89. The van der Waals surface area contributed by atoms with Crippen LogP contribution >= 0.6 is 0 Å². The van der Waals surface area contributed by atoms with Crippen LogP contribution in [0.1, 0.15) is 11.1 Å². The van der Waals surface area contributed by atoms with Gasteiger partial charge >= 0.3 is 11.8 Å². The number of carbonyl (C=O) groups excluding carboxylic acids is 2. The second-order valence-electron chi connectivity index (χ2n) is 4.76. The molecular weight excluding hydrogens is 242 g/mol. The summed E-state index contributed by atoms with van der Waals surface area (Å²) in [6, 6.07) is 5.59. The number of rotatable bonds is 4. The lowest BCUT2D eigenvalue weighted by atomic mass is 10.1. The number of hydrogen-bond donors (Lipinski definition) is 2. The van der Waals surface area contributed by atoms with Gasteiger partial charge in [-0.3, -0.25) is 9.59 Å². The first kappa shape index (κ1) is 15.2. The Morgan fingerprint density at radius 3 is 2.47 bits per heavy atom. The zero-order chi connectivity index (χ0) is 14.4. The van der Waals surface area contributed by atoms with Crippen LogP contribution in [0, 0.1) is 13.8 Å². The summed E-state index contributed by atoms with van der Waals surface area (Å²) in [6.45, 7) is 5.02. The van der Waals surface area contributed by atoms with Gasteiger partial charge in [0, 0.05) is 18.8 Å². The lowest BCUT2D eigenvalue weighted by molar-refractivity contribution is -0.136. The Hall–Kier alpha value is -1.88. The van der Waals surface area contributed by atoms with Gasteiger partial charge in [-0.15, -0.1) is 0 Å². The normalized spacial score (nSPS) is 10.4. The van der Waals surface area contributed by atoms with Gasteiger partial charge in [-0.05, 0) is 45.1 Å². The molecule has 0 unspecified atom stereocenters. The maximum atomic E-state index is 11.7. The van der Waals surface area contributed by atoms with Crippen molar-refractivity contribution < 1.29 is 9.59 Å². The first-order chi connectivity index (χ1) is 8.91. The van der Waals surface area contributed by atoms with Crippen LogP contribution < -0.4 is 10.6 Å². The van der Waals surface area contributed by atoms with Crippen molar-refractivity contribution in [1.82, 2.24) is 10.2 Å². The molecule has 1 aromatic carbocycles. The van der Waals surface area contributed by atoms with Crippen molar-refractivity contribution in [1.29, 1.82) is 0 Å². The molecule has 0 aromatic heterocycles.